The lowest BCUT2D eigenvalue weighted by Crippen LogP contribution is -2.52. The molecule has 1 aromatic carbocycles. The first-order valence-corrected chi connectivity index (χ1v) is 7.33. The molecule has 0 radical (unpaired) electrons. The number of rotatable bonds is 2. The molecular weight excluding hydrogens is 238 g/mol. The van der Waals surface area contributed by atoms with Crippen LogP contribution >= 0.6 is 0 Å². The second-order valence-corrected chi connectivity index (χ2v) is 5.62. The second kappa shape index (κ2) is 5.64. The van der Waals surface area contributed by atoms with Gasteiger partial charge in [-0.25, -0.2) is 4.79 Å². The summed E-state index contributed by atoms with van der Waals surface area (Å²) in [5.41, 5.74) is 1.05. The standard InChI is InChI=1S/C16H21NO2/c18-16(19-12-13-6-2-1-3-7-13)17-14-8-4-9-15(17)11-5-10-14/h1-3,6-7,14-15H,4-5,8-12H2. The Balaban J connectivity index is 1.60. The molecule has 0 spiro atoms. The summed E-state index contributed by atoms with van der Waals surface area (Å²) in [6, 6.07) is 10.7. The summed E-state index contributed by atoms with van der Waals surface area (Å²) in [7, 11) is 0. The third kappa shape index (κ3) is 2.75. The molecule has 0 N–H and O–H groups in total. The number of carbonyl (C=O) groups is 1. The van der Waals surface area contributed by atoms with E-state index in [1.165, 1.54) is 12.8 Å². The average molecular weight is 259 g/mol. The molecule has 3 nitrogen and oxygen atoms in total. The van der Waals surface area contributed by atoms with Crippen molar-refractivity contribution in [3.63, 3.8) is 0 Å². The van der Waals surface area contributed by atoms with Crippen molar-refractivity contribution in [2.45, 2.75) is 57.2 Å². The number of carbonyl (C=O) groups excluding carboxylic acids is 1. The fourth-order valence-electron chi connectivity index (χ4n) is 3.41. The molecular formula is C16H21NO2. The maximum atomic E-state index is 12.3. The van der Waals surface area contributed by atoms with Gasteiger partial charge in [0.15, 0.2) is 0 Å². The van der Waals surface area contributed by atoms with Crippen molar-refractivity contribution in [3.05, 3.63) is 35.9 Å². The summed E-state index contributed by atoms with van der Waals surface area (Å²) in [6.45, 7) is 0.385. The molecule has 3 heteroatoms. The molecule has 0 aromatic heterocycles. The maximum Gasteiger partial charge on any atom is 0.410 e. The van der Waals surface area contributed by atoms with Crippen LogP contribution in [0, 0.1) is 0 Å². The van der Waals surface area contributed by atoms with E-state index in [1.54, 1.807) is 0 Å². The van der Waals surface area contributed by atoms with Crippen molar-refractivity contribution in [2.24, 2.45) is 0 Å². The average Bonchev–Trinajstić information content (AvgIpc) is 2.45. The highest BCUT2D eigenvalue weighted by atomic mass is 16.6. The van der Waals surface area contributed by atoms with Crippen LogP contribution in [0.1, 0.15) is 44.1 Å². The lowest BCUT2D eigenvalue weighted by molar-refractivity contribution is 0.0198. The summed E-state index contributed by atoms with van der Waals surface area (Å²) in [4.78, 5) is 14.3. The Bertz CT molecular complexity index is 410. The summed E-state index contributed by atoms with van der Waals surface area (Å²) >= 11 is 0. The van der Waals surface area contributed by atoms with Crippen molar-refractivity contribution in [1.82, 2.24) is 4.90 Å². The van der Waals surface area contributed by atoms with Gasteiger partial charge in [-0.15, -0.1) is 0 Å². The van der Waals surface area contributed by atoms with Gasteiger partial charge in [-0.3, -0.25) is 0 Å². The number of hydrogen-bond acceptors (Lipinski definition) is 2. The number of ether oxygens (including phenoxy) is 1. The van der Waals surface area contributed by atoms with Crippen LogP contribution in [-0.4, -0.2) is 23.1 Å². The van der Waals surface area contributed by atoms with E-state index in [2.05, 4.69) is 0 Å². The van der Waals surface area contributed by atoms with Crippen LogP contribution in [-0.2, 0) is 11.3 Å². The third-order valence-corrected chi connectivity index (χ3v) is 4.35. The summed E-state index contributed by atoms with van der Waals surface area (Å²) in [5, 5.41) is 0. The summed E-state index contributed by atoms with van der Waals surface area (Å²) in [5.74, 6) is 0. The lowest BCUT2D eigenvalue weighted by atomic mass is 9.85. The zero-order chi connectivity index (χ0) is 13.1. The highest BCUT2D eigenvalue weighted by molar-refractivity contribution is 5.68. The lowest BCUT2D eigenvalue weighted by Gasteiger charge is -2.45. The molecule has 1 aromatic rings. The minimum Gasteiger partial charge on any atom is -0.445 e. The molecule has 0 saturated carbocycles. The Morgan fingerprint density at radius 2 is 1.63 bits per heavy atom. The van der Waals surface area contributed by atoms with Crippen molar-refractivity contribution < 1.29 is 9.53 Å². The number of nitrogens with zero attached hydrogens (tertiary/aromatic N) is 1. The number of piperidine rings is 2. The van der Waals surface area contributed by atoms with Crippen LogP contribution in [0.4, 0.5) is 4.79 Å². The van der Waals surface area contributed by atoms with Gasteiger partial charge in [0.05, 0.1) is 0 Å². The van der Waals surface area contributed by atoms with Gasteiger partial charge in [0.25, 0.3) is 0 Å². The molecule has 3 rings (SSSR count). The van der Waals surface area contributed by atoms with Gasteiger partial charge in [0, 0.05) is 12.1 Å². The number of amides is 1. The monoisotopic (exact) mass is 259 g/mol. The maximum absolute atomic E-state index is 12.3. The highest BCUT2D eigenvalue weighted by Gasteiger charge is 2.37. The molecule has 1 amide bonds. The van der Waals surface area contributed by atoms with Crippen molar-refractivity contribution in [1.29, 1.82) is 0 Å². The first-order chi connectivity index (χ1) is 9.34. The van der Waals surface area contributed by atoms with Crippen LogP contribution in [0.2, 0.25) is 0 Å². The van der Waals surface area contributed by atoms with E-state index >= 15 is 0 Å². The van der Waals surface area contributed by atoms with Gasteiger partial charge in [-0.2, -0.15) is 0 Å². The predicted molar refractivity (Wildman–Crippen MR) is 73.7 cm³/mol. The van der Waals surface area contributed by atoms with Crippen LogP contribution in [0.5, 0.6) is 0 Å². The SMILES string of the molecule is O=C(OCc1ccccc1)N1C2CCCC1CCC2. The van der Waals surface area contributed by atoms with E-state index in [0.717, 1.165) is 31.2 Å². The molecule has 0 aliphatic carbocycles. The van der Waals surface area contributed by atoms with Gasteiger partial charge in [-0.05, 0) is 44.1 Å². The Morgan fingerprint density at radius 1 is 1.05 bits per heavy atom. The zero-order valence-electron chi connectivity index (χ0n) is 11.3. The zero-order valence-corrected chi connectivity index (χ0v) is 11.3. The van der Waals surface area contributed by atoms with Crippen molar-refractivity contribution in [2.75, 3.05) is 0 Å². The fourth-order valence-corrected chi connectivity index (χ4v) is 3.41. The Hall–Kier alpha value is -1.51. The fraction of sp³-hybridized carbons (Fsp3) is 0.562. The van der Waals surface area contributed by atoms with E-state index in [4.69, 9.17) is 4.74 Å². The molecule has 0 unspecified atom stereocenters. The number of benzene rings is 1. The van der Waals surface area contributed by atoms with Crippen molar-refractivity contribution >= 4 is 6.09 Å². The molecule has 19 heavy (non-hydrogen) atoms. The van der Waals surface area contributed by atoms with Gasteiger partial charge in [0.1, 0.15) is 6.61 Å². The molecule has 102 valence electrons. The van der Waals surface area contributed by atoms with E-state index in [9.17, 15) is 4.79 Å². The highest BCUT2D eigenvalue weighted by Crippen LogP contribution is 2.34. The Morgan fingerprint density at radius 3 is 2.21 bits per heavy atom. The predicted octanol–water partition coefficient (Wildman–Crippen LogP) is 3.73. The molecule has 2 aliphatic rings. The topological polar surface area (TPSA) is 29.5 Å². The first kappa shape index (κ1) is 12.5. The van der Waals surface area contributed by atoms with Crippen LogP contribution in [0.15, 0.2) is 30.3 Å². The molecule has 2 heterocycles. The molecule has 2 bridgehead atoms. The van der Waals surface area contributed by atoms with E-state index in [0.29, 0.717) is 18.7 Å². The van der Waals surface area contributed by atoms with Crippen molar-refractivity contribution in [3.8, 4) is 0 Å². The van der Waals surface area contributed by atoms with E-state index in [1.807, 2.05) is 35.2 Å². The summed E-state index contributed by atoms with van der Waals surface area (Å²) in [6.07, 6.45) is 7.01. The Kier molecular flexibility index (Phi) is 3.72. The largest absolute Gasteiger partial charge is 0.445 e. The minimum absolute atomic E-state index is 0.113. The van der Waals surface area contributed by atoms with Gasteiger partial charge >= 0.3 is 6.09 Å². The Labute approximate surface area is 114 Å². The smallest absolute Gasteiger partial charge is 0.410 e. The number of fused-ring (bicyclic) bond motifs is 2. The van der Waals surface area contributed by atoms with E-state index in [-0.39, 0.29) is 6.09 Å². The molecule has 0 atom stereocenters. The third-order valence-electron chi connectivity index (χ3n) is 4.35. The number of hydrogen-bond donors (Lipinski definition) is 0. The molecule has 2 saturated heterocycles. The minimum atomic E-state index is -0.113. The van der Waals surface area contributed by atoms with E-state index < -0.39 is 0 Å². The first-order valence-electron chi connectivity index (χ1n) is 7.33. The molecule has 2 aliphatic heterocycles. The van der Waals surface area contributed by atoms with Gasteiger partial charge in [-0.1, -0.05) is 30.3 Å². The quantitative estimate of drug-likeness (QED) is 0.810. The van der Waals surface area contributed by atoms with Gasteiger partial charge < -0.3 is 9.64 Å². The summed E-state index contributed by atoms with van der Waals surface area (Å²) < 4.78 is 5.49. The van der Waals surface area contributed by atoms with Crippen LogP contribution in [0.25, 0.3) is 0 Å². The van der Waals surface area contributed by atoms with Gasteiger partial charge in [0.2, 0.25) is 0 Å². The molecule has 2 fully saturated rings. The normalized spacial score (nSPS) is 26.0. The van der Waals surface area contributed by atoms with Crippen LogP contribution < -0.4 is 0 Å². The van der Waals surface area contributed by atoms with Crippen LogP contribution in [0.3, 0.4) is 0 Å². The second-order valence-electron chi connectivity index (χ2n) is 5.62.